The van der Waals surface area contributed by atoms with Crippen LogP contribution in [0, 0.1) is 0 Å². The molecule has 0 spiro atoms. The summed E-state index contributed by atoms with van der Waals surface area (Å²) in [7, 11) is 0. The van der Waals surface area contributed by atoms with Gasteiger partial charge in [-0.15, -0.1) is 0 Å². The monoisotopic (exact) mass is 361 g/mol. The average Bonchev–Trinajstić information content (AvgIpc) is 0. The largest absolute Gasteiger partial charge is 0.0149 e. The van der Waals surface area contributed by atoms with Crippen LogP contribution in [0.3, 0.4) is 0 Å². The first-order chi connectivity index (χ1) is 0. The summed E-state index contributed by atoms with van der Waals surface area (Å²) < 4.78 is 0. The van der Waals surface area contributed by atoms with Crippen molar-refractivity contribution in [2.45, 2.75) is 0 Å². The van der Waals surface area contributed by atoms with Crippen LogP contribution in [0.5, 0.6) is 0 Å². The van der Waals surface area contributed by atoms with Crippen LogP contribution in [-0.4, -0.2) is 76.9 Å². The maximum atomic E-state index is 0. The predicted octanol–water partition coefficient (Wildman–Crippen LogP) is -3.29. The quantitative estimate of drug-likeness (QED) is 0.398. The maximum absolute atomic E-state index is 0. The van der Waals surface area contributed by atoms with E-state index in [2.05, 4.69) is 0 Å². The van der Waals surface area contributed by atoms with E-state index in [9.17, 15) is 0 Å². The molecule has 0 saturated heterocycles. The molecule has 0 bridgehead atoms. The van der Waals surface area contributed by atoms with Crippen molar-refractivity contribution in [3.8, 4) is 0 Å². The number of rotatable bonds is 0. The first kappa shape index (κ1) is 27.7. The van der Waals surface area contributed by atoms with E-state index in [0.29, 0.717) is 0 Å². The van der Waals surface area contributed by atoms with Gasteiger partial charge in [0.1, 0.15) is 0 Å². The fraction of sp³-hybridized carbons (Fsp3) is 0. The molecule has 0 aliphatic carbocycles. The molecule has 4 heavy (non-hydrogen) atoms. The Balaban J connectivity index is 0. The Hall–Kier alpha value is 3.05. The Labute approximate surface area is 96.9 Å². The molecule has 0 unspecified atom stereocenters. The van der Waals surface area contributed by atoms with E-state index in [-0.39, 0.29) is 99.3 Å². The third-order valence-electron chi connectivity index (χ3n) is 0. The minimum Gasteiger partial charge on any atom is -0.0149 e. The third-order valence-corrected chi connectivity index (χ3v) is 0. The summed E-state index contributed by atoms with van der Waals surface area (Å²) in [6.45, 7) is 0. The Morgan fingerprint density at radius 1 is 1.00 bits per heavy atom. The molecule has 0 aromatic rings. The van der Waals surface area contributed by atoms with Gasteiger partial charge in [-0.05, 0) is 11.0 Å². The van der Waals surface area contributed by atoms with Crippen molar-refractivity contribution in [2.75, 3.05) is 0 Å². The molecule has 0 amide bonds. The van der Waals surface area contributed by atoms with Gasteiger partial charge in [-0.1, -0.05) is 0 Å². The zero-order chi connectivity index (χ0) is 0. The van der Waals surface area contributed by atoms with Gasteiger partial charge in [0.15, 0.2) is 0 Å². The summed E-state index contributed by atoms with van der Waals surface area (Å²) in [5.74, 6) is 0. The normalized spacial score (nSPS) is 0. The third kappa shape index (κ3) is 8.90. The average molecular weight is 360 g/mol. The zero-order valence-corrected chi connectivity index (χ0v) is 4.38. The second-order valence-electron chi connectivity index (χ2n) is 0. The minimum atomic E-state index is 0. The molecular weight excluding hydrogens is 352 g/mol. The molecule has 0 nitrogen and oxygen atoms in total. The van der Waals surface area contributed by atoms with Crippen molar-refractivity contribution in [2.24, 2.45) is 0 Å². The Kier molecular flexibility index (Phi) is 115. The fourth-order valence-corrected chi connectivity index (χ4v) is 0. The molecule has 1 radical (unpaired) electrons. The Bertz CT molecular complexity index is 8.00. The van der Waals surface area contributed by atoms with Crippen LogP contribution in [0.1, 0.15) is 0 Å². The number of hydrogen-bond acceptors (Lipinski definition) is 0. The number of hydrogen-bond donors (Lipinski definition) is 0. The van der Waals surface area contributed by atoms with Gasteiger partial charge in [-0.3, -0.25) is 0 Å². The SMILES string of the molecule is [Ag].[BaH2].[SeH2].[SiH4]. The molecule has 4 heteroatoms. The molecule has 31 valence electrons. The summed E-state index contributed by atoms with van der Waals surface area (Å²) >= 11 is 0. The van der Waals surface area contributed by atoms with Crippen LogP contribution < -0.4 is 0 Å². The van der Waals surface area contributed by atoms with Gasteiger partial charge < -0.3 is 0 Å². The molecule has 0 heterocycles. The molecule has 0 rings (SSSR count). The van der Waals surface area contributed by atoms with Crippen LogP contribution in [0.25, 0.3) is 0 Å². The summed E-state index contributed by atoms with van der Waals surface area (Å²) in [4.78, 5) is 0. The van der Waals surface area contributed by atoms with Crippen molar-refractivity contribution in [1.29, 1.82) is 0 Å². The molecule has 0 fully saturated rings. The summed E-state index contributed by atoms with van der Waals surface area (Å²) in [5, 5.41) is 0. The first-order valence-electron chi connectivity index (χ1n) is 0. The van der Waals surface area contributed by atoms with Gasteiger partial charge in [0.2, 0.25) is 0 Å². The molecule has 0 N–H and O–H groups in total. The molecular formula is H8AgBaSeSi. The van der Waals surface area contributed by atoms with Gasteiger partial charge in [-0.25, -0.2) is 0 Å². The van der Waals surface area contributed by atoms with Crippen molar-refractivity contribution >= 4 is 76.9 Å². The first-order valence-corrected chi connectivity index (χ1v) is 0. The minimum absolute atomic E-state index is 0. The topological polar surface area (TPSA) is 0 Å². The fourth-order valence-electron chi connectivity index (χ4n) is 0. The van der Waals surface area contributed by atoms with E-state index >= 15 is 0 Å². The second kappa shape index (κ2) is 16.6. The van der Waals surface area contributed by atoms with Gasteiger partial charge in [0, 0.05) is 22.4 Å². The molecule has 0 aliphatic rings. The van der Waals surface area contributed by atoms with Crippen LogP contribution in [0.15, 0.2) is 0 Å². The van der Waals surface area contributed by atoms with Crippen LogP contribution in [-0.2, 0) is 22.4 Å². The molecule has 0 aromatic heterocycles. The van der Waals surface area contributed by atoms with E-state index < -0.39 is 0 Å². The predicted molar refractivity (Wildman–Crippen MR) is 28.4 cm³/mol. The van der Waals surface area contributed by atoms with Gasteiger partial charge in [0.25, 0.3) is 0 Å². The van der Waals surface area contributed by atoms with Crippen molar-refractivity contribution < 1.29 is 22.4 Å². The summed E-state index contributed by atoms with van der Waals surface area (Å²) in [5.41, 5.74) is 0. The van der Waals surface area contributed by atoms with Crippen LogP contribution >= 0.6 is 0 Å². The van der Waals surface area contributed by atoms with Gasteiger partial charge in [0.05, 0.1) is 0 Å². The molecule has 0 aromatic carbocycles. The maximum Gasteiger partial charge on any atom is -0.0149 e. The summed E-state index contributed by atoms with van der Waals surface area (Å²) in [6.07, 6.45) is 0. The van der Waals surface area contributed by atoms with E-state index in [1.807, 2.05) is 0 Å². The smallest absolute Gasteiger partial charge is 0.0149 e. The van der Waals surface area contributed by atoms with Crippen molar-refractivity contribution in [3.63, 3.8) is 0 Å². The van der Waals surface area contributed by atoms with E-state index in [1.54, 1.807) is 0 Å². The van der Waals surface area contributed by atoms with E-state index in [1.165, 1.54) is 0 Å². The van der Waals surface area contributed by atoms with E-state index in [0.717, 1.165) is 0 Å². The van der Waals surface area contributed by atoms with Gasteiger partial charge >= 0.3 is 65.9 Å². The van der Waals surface area contributed by atoms with E-state index in [4.69, 9.17) is 0 Å². The second-order valence-corrected chi connectivity index (χ2v) is 0. The molecule has 0 atom stereocenters. The van der Waals surface area contributed by atoms with Crippen molar-refractivity contribution in [3.05, 3.63) is 0 Å². The standard InChI is InChI=1S/Ag.Ba.H2Se.H4Si.2H/h;;1H2;1H4;;. The summed E-state index contributed by atoms with van der Waals surface area (Å²) in [6, 6.07) is 0. The van der Waals surface area contributed by atoms with Gasteiger partial charge in [-0.2, -0.15) is 0 Å². The molecule has 0 saturated carbocycles. The molecule has 0 aliphatic heterocycles. The Morgan fingerprint density at radius 2 is 1.00 bits per heavy atom. The zero-order valence-electron chi connectivity index (χ0n) is 0.802. The van der Waals surface area contributed by atoms with Crippen molar-refractivity contribution in [1.82, 2.24) is 0 Å². The van der Waals surface area contributed by atoms with Crippen LogP contribution in [0.2, 0.25) is 0 Å². The van der Waals surface area contributed by atoms with Crippen LogP contribution in [0.4, 0.5) is 0 Å². The Morgan fingerprint density at radius 3 is 1.00 bits per heavy atom.